The topological polar surface area (TPSA) is 30.7 Å². The molecule has 0 spiro atoms. The molecule has 0 radical (unpaired) electrons. The molecule has 0 aliphatic rings. The maximum absolute atomic E-state index is 4.32. The molecule has 0 amide bonds. The van der Waals surface area contributed by atoms with Gasteiger partial charge < -0.3 is 0 Å². The number of unbranched alkanes of at least 4 members (excludes halogenated alkanes) is 7. The van der Waals surface area contributed by atoms with E-state index < -0.39 is 0 Å². The lowest BCUT2D eigenvalue weighted by Crippen LogP contribution is -2.03. The Morgan fingerprint density at radius 3 is 2.33 bits per heavy atom. The van der Waals surface area contributed by atoms with Crippen molar-refractivity contribution >= 4 is 0 Å². The van der Waals surface area contributed by atoms with Gasteiger partial charge in [-0.1, -0.05) is 81.3 Å². The summed E-state index contributed by atoms with van der Waals surface area (Å²) in [6, 6.07) is 8.58. The average molecular weight is 328 g/mol. The van der Waals surface area contributed by atoms with E-state index in [-0.39, 0.29) is 0 Å². The monoisotopic (exact) mass is 327 g/mol. The fourth-order valence-electron chi connectivity index (χ4n) is 3.13. The van der Waals surface area contributed by atoms with Crippen LogP contribution >= 0.6 is 0 Å². The second kappa shape index (κ2) is 11.0. The molecule has 0 atom stereocenters. The summed E-state index contributed by atoms with van der Waals surface area (Å²) >= 11 is 0. The van der Waals surface area contributed by atoms with Gasteiger partial charge in [0.05, 0.1) is 5.69 Å². The van der Waals surface area contributed by atoms with Crippen LogP contribution in [0.2, 0.25) is 0 Å². The first-order chi connectivity index (χ1) is 11.8. The first-order valence-corrected chi connectivity index (χ1v) is 9.73. The second-order valence-electron chi connectivity index (χ2n) is 6.87. The van der Waals surface area contributed by atoms with Crippen molar-refractivity contribution in [3.63, 3.8) is 0 Å². The van der Waals surface area contributed by atoms with Crippen LogP contribution in [0.5, 0.6) is 0 Å². The minimum absolute atomic E-state index is 0.912. The molecule has 0 saturated carbocycles. The molecular weight excluding hydrogens is 294 g/mol. The van der Waals surface area contributed by atoms with E-state index in [9.17, 15) is 0 Å². The fourth-order valence-corrected chi connectivity index (χ4v) is 3.13. The predicted molar refractivity (Wildman–Crippen MR) is 101 cm³/mol. The van der Waals surface area contributed by atoms with Gasteiger partial charge in [0, 0.05) is 12.7 Å². The lowest BCUT2D eigenvalue weighted by molar-refractivity contribution is 0.573. The quantitative estimate of drug-likeness (QED) is 0.481. The molecule has 0 saturated heterocycles. The molecule has 0 fully saturated rings. The minimum Gasteiger partial charge on any atom is -0.252 e. The summed E-state index contributed by atoms with van der Waals surface area (Å²) in [6.45, 7) is 5.35. The van der Waals surface area contributed by atoms with Crippen LogP contribution in [0.1, 0.15) is 75.1 Å². The normalized spacial score (nSPS) is 11.1. The van der Waals surface area contributed by atoms with Gasteiger partial charge >= 0.3 is 0 Å². The Balaban J connectivity index is 1.60. The molecule has 0 aliphatic carbocycles. The van der Waals surface area contributed by atoms with Gasteiger partial charge in [-0.3, -0.25) is 4.68 Å². The van der Waals surface area contributed by atoms with Crippen LogP contribution in [0.25, 0.3) is 0 Å². The summed E-state index contributed by atoms with van der Waals surface area (Å²) in [5.74, 6) is 0. The van der Waals surface area contributed by atoms with Crippen molar-refractivity contribution in [3.05, 3.63) is 47.3 Å². The highest BCUT2D eigenvalue weighted by atomic mass is 15.4. The van der Waals surface area contributed by atoms with E-state index in [0.29, 0.717) is 0 Å². The number of aromatic nitrogens is 3. The molecule has 2 rings (SSSR count). The molecular formula is C21H33N3. The maximum atomic E-state index is 4.32. The van der Waals surface area contributed by atoms with Crippen molar-refractivity contribution in [3.8, 4) is 0 Å². The lowest BCUT2D eigenvalue weighted by atomic mass is 10.1. The second-order valence-corrected chi connectivity index (χ2v) is 6.87. The zero-order valence-electron chi connectivity index (χ0n) is 15.5. The van der Waals surface area contributed by atoms with Crippen molar-refractivity contribution < 1.29 is 0 Å². The SMILES string of the molecule is CCCCCCCCCCc1cn(CCc2ccccc2C)nn1. The van der Waals surface area contributed by atoms with Gasteiger partial charge in [0.25, 0.3) is 0 Å². The van der Waals surface area contributed by atoms with Crippen molar-refractivity contribution in [2.45, 2.75) is 84.6 Å². The molecule has 3 nitrogen and oxygen atoms in total. The van der Waals surface area contributed by atoms with Gasteiger partial charge in [-0.25, -0.2) is 0 Å². The number of aryl methyl sites for hydroxylation is 4. The largest absolute Gasteiger partial charge is 0.252 e. The summed E-state index contributed by atoms with van der Waals surface area (Å²) < 4.78 is 1.99. The Labute approximate surface area is 147 Å². The molecule has 1 heterocycles. The third-order valence-corrected chi connectivity index (χ3v) is 4.74. The van der Waals surface area contributed by atoms with E-state index in [1.54, 1.807) is 0 Å². The molecule has 24 heavy (non-hydrogen) atoms. The molecule has 1 aromatic heterocycles. The molecule has 0 N–H and O–H groups in total. The average Bonchev–Trinajstić information content (AvgIpc) is 3.04. The van der Waals surface area contributed by atoms with Crippen molar-refractivity contribution in [2.24, 2.45) is 0 Å². The third-order valence-electron chi connectivity index (χ3n) is 4.74. The van der Waals surface area contributed by atoms with E-state index in [2.05, 4.69) is 54.6 Å². The van der Waals surface area contributed by atoms with E-state index in [1.807, 2.05) is 4.68 Å². The maximum Gasteiger partial charge on any atom is 0.0827 e. The molecule has 0 bridgehead atoms. The number of benzene rings is 1. The predicted octanol–water partition coefficient (Wildman–Crippen LogP) is 5.51. The number of rotatable bonds is 12. The lowest BCUT2D eigenvalue weighted by Gasteiger charge is -2.04. The summed E-state index contributed by atoms with van der Waals surface area (Å²) in [6.07, 6.45) is 15.1. The molecule has 2 aromatic rings. The first kappa shape index (κ1) is 18.7. The van der Waals surface area contributed by atoms with E-state index in [4.69, 9.17) is 0 Å². The van der Waals surface area contributed by atoms with Crippen molar-refractivity contribution in [2.75, 3.05) is 0 Å². The number of hydrogen-bond acceptors (Lipinski definition) is 2. The van der Waals surface area contributed by atoms with Gasteiger partial charge in [-0.15, -0.1) is 5.10 Å². The Hall–Kier alpha value is -1.64. The molecule has 132 valence electrons. The van der Waals surface area contributed by atoms with E-state index >= 15 is 0 Å². The molecule has 0 unspecified atom stereocenters. The summed E-state index contributed by atoms with van der Waals surface area (Å²) in [5.41, 5.74) is 3.90. The van der Waals surface area contributed by atoms with Crippen LogP contribution in [0, 0.1) is 6.92 Å². The van der Waals surface area contributed by atoms with Crippen LogP contribution in [-0.2, 0) is 19.4 Å². The first-order valence-electron chi connectivity index (χ1n) is 9.73. The Morgan fingerprint density at radius 1 is 0.875 bits per heavy atom. The Kier molecular flexibility index (Phi) is 8.58. The molecule has 3 heteroatoms. The van der Waals surface area contributed by atoms with Crippen LogP contribution < -0.4 is 0 Å². The van der Waals surface area contributed by atoms with Gasteiger partial charge in [-0.2, -0.15) is 0 Å². The smallest absolute Gasteiger partial charge is 0.0827 e. The van der Waals surface area contributed by atoms with Gasteiger partial charge in [0.2, 0.25) is 0 Å². The summed E-state index contributed by atoms with van der Waals surface area (Å²) in [5, 5.41) is 8.60. The minimum atomic E-state index is 0.912. The zero-order chi connectivity index (χ0) is 17.0. The van der Waals surface area contributed by atoms with Gasteiger partial charge in [0.1, 0.15) is 0 Å². The highest BCUT2D eigenvalue weighted by Gasteiger charge is 2.03. The van der Waals surface area contributed by atoms with Crippen LogP contribution in [-0.4, -0.2) is 15.0 Å². The highest BCUT2D eigenvalue weighted by Crippen LogP contribution is 2.11. The Bertz CT molecular complexity index is 574. The van der Waals surface area contributed by atoms with Crippen LogP contribution in [0.15, 0.2) is 30.5 Å². The fraction of sp³-hybridized carbons (Fsp3) is 0.619. The standard InChI is InChI=1S/C21H33N3/c1-3-4-5-6-7-8-9-10-15-21-18-24(23-22-21)17-16-20-14-12-11-13-19(20)2/h11-14,18H,3-10,15-17H2,1-2H3. The molecule has 0 aliphatic heterocycles. The number of nitrogens with zero attached hydrogens (tertiary/aromatic N) is 3. The summed E-state index contributed by atoms with van der Waals surface area (Å²) in [4.78, 5) is 0. The summed E-state index contributed by atoms with van der Waals surface area (Å²) in [7, 11) is 0. The number of hydrogen-bond donors (Lipinski definition) is 0. The highest BCUT2D eigenvalue weighted by molar-refractivity contribution is 5.25. The van der Waals surface area contributed by atoms with Crippen molar-refractivity contribution in [1.82, 2.24) is 15.0 Å². The van der Waals surface area contributed by atoms with Gasteiger partial charge in [0.15, 0.2) is 0 Å². The Morgan fingerprint density at radius 2 is 1.58 bits per heavy atom. The third kappa shape index (κ3) is 6.86. The van der Waals surface area contributed by atoms with E-state index in [0.717, 1.165) is 25.1 Å². The van der Waals surface area contributed by atoms with E-state index in [1.165, 1.54) is 62.5 Å². The van der Waals surface area contributed by atoms with Crippen LogP contribution in [0.3, 0.4) is 0 Å². The molecule has 1 aromatic carbocycles. The van der Waals surface area contributed by atoms with Crippen LogP contribution in [0.4, 0.5) is 0 Å². The van der Waals surface area contributed by atoms with Crippen molar-refractivity contribution in [1.29, 1.82) is 0 Å². The zero-order valence-corrected chi connectivity index (χ0v) is 15.5. The van der Waals surface area contributed by atoms with Gasteiger partial charge in [-0.05, 0) is 37.3 Å².